The average molecular weight is 301 g/mol. The number of halogens is 1. The predicted octanol–water partition coefficient (Wildman–Crippen LogP) is 1.95. The molecule has 0 radical (unpaired) electrons. The monoisotopic (exact) mass is 301 g/mol. The molecule has 2 rings (SSSR count). The first-order valence-electron chi connectivity index (χ1n) is 6.05. The highest BCUT2D eigenvalue weighted by Gasteiger charge is 2.28. The summed E-state index contributed by atoms with van der Waals surface area (Å²) in [5.41, 5.74) is 0. The first-order chi connectivity index (χ1) is 9.47. The van der Waals surface area contributed by atoms with Gasteiger partial charge in [-0.3, -0.25) is 0 Å². The van der Waals surface area contributed by atoms with Crippen LogP contribution in [-0.2, 0) is 10.0 Å². The summed E-state index contributed by atoms with van der Waals surface area (Å²) in [5.74, 6) is 0.307. The second-order valence-corrected chi connectivity index (χ2v) is 6.26. The first-order valence-corrected chi connectivity index (χ1v) is 7.49. The van der Waals surface area contributed by atoms with E-state index in [0.717, 1.165) is 4.31 Å². The molecule has 0 spiro atoms. The van der Waals surface area contributed by atoms with Crippen LogP contribution in [0, 0.1) is 0 Å². The zero-order chi connectivity index (χ0) is 14.8. The van der Waals surface area contributed by atoms with Gasteiger partial charge < -0.3 is 9.47 Å². The molecule has 0 aromatic heterocycles. The van der Waals surface area contributed by atoms with Crippen molar-refractivity contribution < 1.29 is 22.3 Å². The third kappa shape index (κ3) is 2.94. The van der Waals surface area contributed by atoms with Crippen molar-refractivity contribution in [3.05, 3.63) is 30.1 Å². The number of ether oxygens (including phenoxy) is 2. The van der Waals surface area contributed by atoms with Crippen molar-refractivity contribution in [2.45, 2.75) is 11.3 Å². The molecule has 5 nitrogen and oxygen atoms in total. The first kappa shape index (κ1) is 14.8. The molecule has 0 saturated heterocycles. The molecule has 1 heterocycles. The van der Waals surface area contributed by atoms with Crippen molar-refractivity contribution in [3.63, 3.8) is 0 Å². The fraction of sp³-hybridized carbons (Fsp3) is 0.385. The van der Waals surface area contributed by atoms with Crippen LogP contribution in [0.4, 0.5) is 4.39 Å². The van der Waals surface area contributed by atoms with E-state index in [1.165, 1.54) is 32.4 Å². The topological polar surface area (TPSA) is 55.8 Å². The van der Waals surface area contributed by atoms with E-state index in [1.807, 2.05) is 0 Å². The van der Waals surface area contributed by atoms with Crippen LogP contribution in [0.15, 0.2) is 35.0 Å². The number of hydrogen-bond donors (Lipinski definition) is 0. The van der Waals surface area contributed by atoms with E-state index in [2.05, 4.69) is 0 Å². The number of sulfonamides is 1. The van der Waals surface area contributed by atoms with E-state index in [9.17, 15) is 12.8 Å². The molecule has 1 aromatic carbocycles. The van der Waals surface area contributed by atoms with Gasteiger partial charge in [-0.2, -0.15) is 4.31 Å². The van der Waals surface area contributed by atoms with Crippen molar-refractivity contribution in [3.8, 4) is 11.5 Å². The van der Waals surface area contributed by atoms with E-state index >= 15 is 0 Å². The lowest BCUT2D eigenvalue weighted by molar-refractivity contribution is 0.382. The maximum absolute atomic E-state index is 13.3. The van der Waals surface area contributed by atoms with Crippen LogP contribution in [0.3, 0.4) is 0 Å². The van der Waals surface area contributed by atoms with E-state index in [1.54, 1.807) is 6.07 Å². The van der Waals surface area contributed by atoms with Crippen molar-refractivity contribution in [1.29, 1.82) is 0 Å². The quantitative estimate of drug-likeness (QED) is 0.853. The minimum Gasteiger partial charge on any atom is -0.497 e. The Hall–Kier alpha value is -1.60. The molecule has 0 aliphatic carbocycles. The van der Waals surface area contributed by atoms with Gasteiger partial charge in [-0.25, -0.2) is 12.8 Å². The summed E-state index contributed by atoms with van der Waals surface area (Å²) in [4.78, 5) is 0.0309. The molecule has 0 amide bonds. The fourth-order valence-corrected chi connectivity index (χ4v) is 3.43. The summed E-state index contributed by atoms with van der Waals surface area (Å²) < 4.78 is 49.5. The zero-order valence-corrected chi connectivity index (χ0v) is 12.1. The number of benzene rings is 1. The van der Waals surface area contributed by atoms with Crippen LogP contribution in [0.1, 0.15) is 6.42 Å². The molecule has 110 valence electrons. The number of rotatable bonds is 4. The van der Waals surface area contributed by atoms with E-state index in [0.29, 0.717) is 17.9 Å². The van der Waals surface area contributed by atoms with Crippen molar-refractivity contribution >= 4 is 10.0 Å². The highest BCUT2D eigenvalue weighted by Crippen LogP contribution is 2.28. The largest absolute Gasteiger partial charge is 0.497 e. The molecule has 0 atom stereocenters. The molecule has 0 fully saturated rings. The molecule has 0 saturated carbocycles. The highest BCUT2D eigenvalue weighted by atomic mass is 32.2. The number of hydrogen-bond acceptors (Lipinski definition) is 4. The van der Waals surface area contributed by atoms with Crippen LogP contribution < -0.4 is 9.47 Å². The molecular formula is C13H16FNO4S. The molecular weight excluding hydrogens is 285 g/mol. The Morgan fingerprint density at radius 3 is 2.25 bits per heavy atom. The van der Waals surface area contributed by atoms with Crippen LogP contribution in [0.5, 0.6) is 11.5 Å². The van der Waals surface area contributed by atoms with E-state index in [4.69, 9.17) is 9.47 Å². The van der Waals surface area contributed by atoms with Gasteiger partial charge in [0.25, 0.3) is 0 Å². The van der Waals surface area contributed by atoms with Gasteiger partial charge in [0, 0.05) is 24.7 Å². The second kappa shape index (κ2) is 5.80. The third-order valence-electron chi connectivity index (χ3n) is 3.03. The Bertz CT molecular complexity index is 605. The van der Waals surface area contributed by atoms with Crippen LogP contribution in [0.25, 0.3) is 0 Å². The molecule has 0 N–H and O–H groups in total. The zero-order valence-electron chi connectivity index (χ0n) is 11.3. The van der Waals surface area contributed by atoms with E-state index < -0.39 is 15.9 Å². The molecule has 1 aliphatic heterocycles. The van der Waals surface area contributed by atoms with E-state index in [-0.39, 0.29) is 18.0 Å². The van der Waals surface area contributed by atoms with Gasteiger partial charge in [-0.1, -0.05) is 6.08 Å². The Morgan fingerprint density at radius 1 is 1.15 bits per heavy atom. The highest BCUT2D eigenvalue weighted by molar-refractivity contribution is 7.89. The van der Waals surface area contributed by atoms with Gasteiger partial charge in [0.15, 0.2) is 0 Å². The summed E-state index contributed by atoms with van der Waals surface area (Å²) in [7, 11) is -0.890. The Balaban J connectivity index is 2.41. The normalized spacial score (nSPS) is 16.6. The second-order valence-electron chi connectivity index (χ2n) is 4.33. The average Bonchev–Trinajstić information content (AvgIpc) is 2.46. The minimum atomic E-state index is -3.77. The maximum atomic E-state index is 13.3. The lowest BCUT2D eigenvalue weighted by Crippen LogP contribution is -2.35. The molecule has 1 aliphatic rings. The molecule has 0 unspecified atom stereocenters. The molecule has 1 aromatic rings. The van der Waals surface area contributed by atoms with Gasteiger partial charge >= 0.3 is 0 Å². The lowest BCUT2D eigenvalue weighted by Gasteiger charge is -2.24. The molecule has 20 heavy (non-hydrogen) atoms. The summed E-state index contributed by atoms with van der Waals surface area (Å²) in [5, 5.41) is 0. The van der Waals surface area contributed by atoms with Crippen molar-refractivity contribution in [2.75, 3.05) is 27.3 Å². The number of nitrogens with zero attached hydrogens (tertiary/aromatic N) is 1. The smallest absolute Gasteiger partial charge is 0.243 e. The van der Waals surface area contributed by atoms with Crippen molar-refractivity contribution in [1.82, 2.24) is 4.31 Å². The Labute approximate surface area is 117 Å². The summed E-state index contributed by atoms with van der Waals surface area (Å²) in [6.45, 7) is 0.0249. The minimum absolute atomic E-state index is 0.0309. The molecule has 7 heteroatoms. The predicted molar refractivity (Wildman–Crippen MR) is 72.1 cm³/mol. The van der Waals surface area contributed by atoms with Gasteiger partial charge in [-0.15, -0.1) is 0 Å². The standard InChI is InChI=1S/C13H16FNO4S/c1-18-11-6-12(19-2)8-13(7-11)20(16,17)15-5-3-4-10(14)9-15/h4,6-8H,3,5,9H2,1-2H3. The van der Waals surface area contributed by atoms with Crippen LogP contribution in [0.2, 0.25) is 0 Å². The van der Waals surface area contributed by atoms with Crippen LogP contribution >= 0.6 is 0 Å². The van der Waals surface area contributed by atoms with Crippen molar-refractivity contribution in [2.24, 2.45) is 0 Å². The Kier molecular flexibility index (Phi) is 4.29. The lowest BCUT2D eigenvalue weighted by atomic mass is 10.3. The SMILES string of the molecule is COc1cc(OC)cc(S(=O)(=O)N2CCC=C(F)C2)c1. The van der Waals surface area contributed by atoms with Gasteiger partial charge in [0.05, 0.1) is 25.7 Å². The van der Waals surface area contributed by atoms with Gasteiger partial charge in [0.1, 0.15) is 17.3 Å². The van der Waals surface area contributed by atoms with Gasteiger partial charge in [0.2, 0.25) is 10.0 Å². The maximum Gasteiger partial charge on any atom is 0.243 e. The summed E-state index contributed by atoms with van der Waals surface area (Å²) in [6.07, 6.45) is 1.77. The fourth-order valence-electron chi connectivity index (χ4n) is 1.96. The Morgan fingerprint density at radius 2 is 1.75 bits per heavy atom. The summed E-state index contributed by atoms with van der Waals surface area (Å²) in [6, 6.07) is 4.37. The molecule has 0 bridgehead atoms. The summed E-state index contributed by atoms with van der Waals surface area (Å²) >= 11 is 0. The van der Waals surface area contributed by atoms with Crippen LogP contribution in [-0.4, -0.2) is 40.0 Å². The third-order valence-corrected chi connectivity index (χ3v) is 4.86. The number of methoxy groups -OCH3 is 2. The van der Waals surface area contributed by atoms with Gasteiger partial charge in [-0.05, 0) is 6.42 Å².